The van der Waals surface area contributed by atoms with E-state index in [2.05, 4.69) is 10.6 Å². The molecule has 1 atom stereocenters. The first kappa shape index (κ1) is 18.4. The lowest BCUT2D eigenvalue weighted by Gasteiger charge is -2.28. The van der Waals surface area contributed by atoms with Crippen molar-refractivity contribution in [1.29, 1.82) is 0 Å². The van der Waals surface area contributed by atoms with E-state index < -0.39 is 23.0 Å². The topological polar surface area (TPSA) is 95.5 Å². The molecule has 0 fully saturated rings. The summed E-state index contributed by atoms with van der Waals surface area (Å²) in [5, 5.41) is 14.0. The van der Waals surface area contributed by atoms with Crippen LogP contribution < -0.4 is 10.6 Å². The van der Waals surface area contributed by atoms with Crippen LogP contribution in [-0.4, -0.2) is 34.5 Å². The van der Waals surface area contributed by atoms with Gasteiger partial charge in [-0.05, 0) is 27.2 Å². The van der Waals surface area contributed by atoms with Crippen LogP contribution in [0.5, 0.6) is 0 Å². The summed E-state index contributed by atoms with van der Waals surface area (Å²) in [6, 6.07) is -0.661. The maximum absolute atomic E-state index is 12.0. The van der Waals surface area contributed by atoms with Gasteiger partial charge in [-0.2, -0.15) is 0 Å². The van der Waals surface area contributed by atoms with Gasteiger partial charge in [0.05, 0.1) is 0 Å². The van der Waals surface area contributed by atoms with E-state index >= 15 is 0 Å². The van der Waals surface area contributed by atoms with Gasteiger partial charge in [0.25, 0.3) is 0 Å². The minimum Gasteiger partial charge on any atom is -0.481 e. The molecule has 0 aromatic rings. The molecule has 6 nitrogen and oxygen atoms in total. The van der Waals surface area contributed by atoms with Crippen molar-refractivity contribution in [1.82, 2.24) is 10.6 Å². The molecule has 0 rings (SSSR count). The number of carboxylic acid groups (broad SMARTS) is 1. The van der Waals surface area contributed by atoms with Crippen molar-refractivity contribution in [3.8, 4) is 0 Å². The molecule has 2 amide bonds. The first-order valence-electron chi connectivity index (χ1n) is 6.70. The van der Waals surface area contributed by atoms with Crippen LogP contribution in [0.3, 0.4) is 0 Å². The van der Waals surface area contributed by atoms with Crippen molar-refractivity contribution in [2.24, 2.45) is 5.41 Å². The highest BCUT2D eigenvalue weighted by atomic mass is 16.4. The van der Waals surface area contributed by atoms with Gasteiger partial charge in [0.2, 0.25) is 11.8 Å². The number of hydrogen-bond acceptors (Lipinski definition) is 3. The Hall–Kier alpha value is -1.59. The normalized spacial score (nSPS) is 13.5. The summed E-state index contributed by atoms with van der Waals surface area (Å²) in [5.74, 6) is -1.43. The van der Waals surface area contributed by atoms with E-state index in [1.54, 1.807) is 41.5 Å². The summed E-state index contributed by atoms with van der Waals surface area (Å²) in [6.45, 7) is 10.4. The molecule has 0 aliphatic carbocycles. The first-order valence-corrected chi connectivity index (χ1v) is 6.70. The molecule has 116 valence electrons. The predicted octanol–water partition coefficient (Wildman–Crippen LogP) is 1.30. The Morgan fingerprint density at radius 3 is 2.00 bits per heavy atom. The second kappa shape index (κ2) is 6.72. The molecular weight excluding hydrogens is 260 g/mol. The number of nitrogens with one attached hydrogen (secondary N) is 2. The summed E-state index contributed by atoms with van der Waals surface area (Å²) >= 11 is 0. The van der Waals surface area contributed by atoms with Crippen molar-refractivity contribution >= 4 is 17.8 Å². The fourth-order valence-electron chi connectivity index (χ4n) is 1.40. The largest absolute Gasteiger partial charge is 0.481 e. The van der Waals surface area contributed by atoms with Gasteiger partial charge < -0.3 is 15.7 Å². The van der Waals surface area contributed by atoms with Gasteiger partial charge in [0, 0.05) is 17.4 Å². The smallest absolute Gasteiger partial charge is 0.303 e. The zero-order valence-corrected chi connectivity index (χ0v) is 13.2. The number of hydrogen-bond donors (Lipinski definition) is 3. The molecule has 6 heteroatoms. The lowest BCUT2D eigenvalue weighted by molar-refractivity contribution is -0.138. The Kier molecular flexibility index (Phi) is 6.19. The second-order valence-electron chi connectivity index (χ2n) is 6.71. The fourth-order valence-corrected chi connectivity index (χ4v) is 1.40. The number of rotatable bonds is 6. The van der Waals surface area contributed by atoms with Crippen LogP contribution in [0, 0.1) is 5.41 Å². The Morgan fingerprint density at radius 2 is 1.60 bits per heavy atom. The Bertz CT molecular complexity index is 383. The van der Waals surface area contributed by atoms with Gasteiger partial charge in [-0.1, -0.05) is 20.8 Å². The minimum absolute atomic E-state index is 0.0178. The SMILES string of the molecule is CC(NC(=O)C(C)(C)C)C(=O)NC(C)(C)CCC(=O)O. The summed E-state index contributed by atoms with van der Waals surface area (Å²) in [5.41, 5.74) is -1.19. The van der Waals surface area contributed by atoms with E-state index in [9.17, 15) is 14.4 Å². The van der Waals surface area contributed by atoms with Crippen LogP contribution in [0.4, 0.5) is 0 Å². The second-order valence-corrected chi connectivity index (χ2v) is 6.71. The van der Waals surface area contributed by atoms with E-state index in [4.69, 9.17) is 5.11 Å². The standard InChI is InChI=1S/C14H26N2O4/c1-9(15-12(20)13(2,3)4)11(19)16-14(5,6)8-7-10(17)18/h9H,7-8H2,1-6H3,(H,15,20)(H,16,19)(H,17,18). The lowest BCUT2D eigenvalue weighted by Crippen LogP contribution is -2.53. The third-order valence-electron chi connectivity index (χ3n) is 2.85. The van der Waals surface area contributed by atoms with E-state index in [1.165, 1.54) is 0 Å². The van der Waals surface area contributed by atoms with Gasteiger partial charge in [0.1, 0.15) is 6.04 Å². The minimum atomic E-state index is -0.901. The van der Waals surface area contributed by atoms with Crippen molar-refractivity contribution in [3.05, 3.63) is 0 Å². The highest BCUT2D eigenvalue weighted by Crippen LogP contribution is 2.14. The zero-order valence-electron chi connectivity index (χ0n) is 13.2. The van der Waals surface area contributed by atoms with Gasteiger partial charge in [-0.3, -0.25) is 14.4 Å². The molecule has 0 aromatic carbocycles. The van der Waals surface area contributed by atoms with Crippen molar-refractivity contribution in [2.75, 3.05) is 0 Å². The monoisotopic (exact) mass is 286 g/mol. The maximum Gasteiger partial charge on any atom is 0.303 e. The van der Waals surface area contributed by atoms with Gasteiger partial charge in [-0.15, -0.1) is 0 Å². The molecule has 0 saturated heterocycles. The van der Waals surface area contributed by atoms with E-state index in [-0.39, 0.29) is 18.2 Å². The molecule has 0 radical (unpaired) electrons. The third-order valence-corrected chi connectivity index (χ3v) is 2.85. The number of amides is 2. The van der Waals surface area contributed by atoms with Crippen molar-refractivity contribution in [3.63, 3.8) is 0 Å². The summed E-state index contributed by atoms with van der Waals surface area (Å²) in [6.07, 6.45) is 0.310. The van der Waals surface area contributed by atoms with E-state index in [1.807, 2.05) is 0 Å². The molecule has 0 bridgehead atoms. The van der Waals surface area contributed by atoms with Crippen LogP contribution in [-0.2, 0) is 14.4 Å². The van der Waals surface area contributed by atoms with Crippen LogP contribution in [0.15, 0.2) is 0 Å². The van der Waals surface area contributed by atoms with Gasteiger partial charge >= 0.3 is 5.97 Å². The van der Waals surface area contributed by atoms with Crippen LogP contribution >= 0.6 is 0 Å². The van der Waals surface area contributed by atoms with Crippen LogP contribution in [0.2, 0.25) is 0 Å². The Balaban J connectivity index is 4.45. The summed E-state index contributed by atoms with van der Waals surface area (Å²) in [4.78, 5) is 34.3. The van der Waals surface area contributed by atoms with Gasteiger partial charge in [-0.25, -0.2) is 0 Å². The molecular formula is C14H26N2O4. The predicted molar refractivity (Wildman–Crippen MR) is 76.2 cm³/mol. The third kappa shape index (κ3) is 7.11. The summed E-state index contributed by atoms with van der Waals surface area (Å²) < 4.78 is 0. The first-order chi connectivity index (χ1) is 8.85. The van der Waals surface area contributed by atoms with Crippen molar-refractivity contribution in [2.45, 2.75) is 66.0 Å². The molecule has 0 aliphatic heterocycles. The highest BCUT2D eigenvalue weighted by Gasteiger charge is 2.28. The van der Waals surface area contributed by atoms with Gasteiger partial charge in [0.15, 0.2) is 0 Å². The average Bonchev–Trinajstić information content (AvgIpc) is 2.24. The van der Waals surface area contributed by atoms with E-state index in [0.717, 1.165) is 0 Å². The van der Waals surface area contributed by atoms with Crippen LogP contribution in [0.25, 0.3) is 0 Å². The highest BCUT2D eigenvalue weighted by molar-refractivity contribution is 5.89. The zero-order chi connectivity index (χ0) is 16.1. The molecule has 1 unspecified atom stereocenters. The molecule has 20 heavy (non-hydrogen) atoms. The Labute approximate surface area is 120 Å². The number of carbonyl (C=O) groups excluding carboxylic acids is 2. The molecule has 0 aromatic heterocycles. The molecule has 0 heterocycles. The van der Waals surface area contributed by atoms with E-state index in [0.29, 0.717) is 6.42 Å². The number of aliphatic carboxylic acids is 1. The fraction of sp³-hybridized carbons (Fsp3) is 0.786. The number of carbonyl (C=O) groups is 3. The molecule has 0 aliphatic rings. The van der Waals surface area contributed by atoms with Crippen LogP contribution in [0.1, 0.15) is 54.4 Å². The maximum atomic E-state index is 12.0. The summed E-state index contributed by atoms with van der Waals surface area (Å²) in [7, 11) is 0. The lowest BCUT2D eigenvalue weighted by atomic mass is 9.95. The Morgan fingerprint density at radius 1 is 1.10 bits per heavy atom. The number of carboxylic acids is 1. The average molecular weight is 286 g/mol. The molecule has 0 spiro atoms. The van der Waals surface area contributed by atoms with Crippen molar-refractivity contribution < 1.29 is 19.5 Å². The molecule has 3 N–H and O–H groups in total. The molecule has 0 saturated carbocycles. The quantitative estimate of drug-likeness (QED) is 0.685.